The summed E-state index contributed by atoms with van der Waals surface area (Å²) in [5, 5.41) is 3.95. The summed E-state index contributed by atoms with van der Waals surface area (Å²) in [5.41, 5.74) is 1.03. The molecule has 2 fully saturated rings. The second-order valence-corrected chi connectivity index (χ2v) is 8.76. The molecule has 1 aromatic carbocycles. The molecule has 0 radical (unpaired) electrons. The molecular formula is C17H22FN5O2S. The minimum Gasteiger partial charge on any atom is -0.369 e. The van der Waals surface area contributed by atoms with Crippen molar-refractivity contribution in [3.63, 3.8) is 0 Å². The number of anilines is 1. The van der Waals surface area contributed by atoms with E-state index in [-0.39, 0.29) is 16.8 Å². The van der Waals surface area contributed by atoms with E-state index in [0.717, 1.165) is 31.9 Å². The van der Waals surface area contributed by atoms with E-state index in [2.05, 4.69) is 14.9 Å². The van der Waals surface area contributed by atoms with Gasteiger partial charge in [0, 0.05) is 64.2 Å². The van der Waals surface area contributed by atoms with Crippen molar-refractivity contribution < 1.29 is 12.8 Å². The molecule has 2 aliphatic rings. The van der Waals surface area contributed by atoms with Gasteiger partial charge in [-0.05, 0) is 24.3 Å². The molecule has 0 saturated carbocycles. The molecule has 2 aliphatic heterocycles. The van der Waals surface area contributed by atoms with E-state index in [9.17, 15) is 12.8 Å². The van der Waals surface area contributed by atoms with Gasteiger partial charge >= 0.3 is 0 Å². The molecule has 0 amide bonds. The summed E-state index contributed by atoms with van der Waals surface area (Å²) in [6.45, 7) is 4.52. The van der Waals surface area contributed by atoms with Gasteiger partial charge in [0.2, 0.25) is 10.0 Å². The molecule has 3 heterocycles. The van der Waals surface area contributed by atoms with Crippen molar-refractivity contribution in [1.29, 1.82) is 0 Å². The van der Waals surface area contributed by atoms with Gasteiger partial charge in [-0.1, -0.05) is 0 Å². The average Bonchev–Trinajstić information content (AvgIpc) is 3.02. The van der Waals surface area contributed by atoms with Crippen LogP contribution in [0.2, 0.25) is 0 Å². The van der Waals surface area contributed by atoms with Crippen LogP contribution in [0, 0.1) is 5.82 Å². The lowest BCUT2D eigenvalue weighted by molar-refractivity contribution is 0.0828. The van der Waals surface area contributed by atoms with Crippen molar-refractivity contribution in [3.8, 4) is 0 Å². The van der Waals surface area contributed by atoms with E-state index in [1.807, 2.05) is 0 Å². The molecule has 0 unspecified atom stereocenters. The van der Waals surface area contributed by atoms with Crippen LogP contribution in [0.3, 0.4) is 0 Å². The normalized spacial score (nSPS) is 20.3. The Morgan fingerprint density at radius 2 is 1.73 bits per heavy atom. The fraction of sp³-hybridized carbons (Fsp3) is 0.471. The predicted molar refractivity (Wildman–Crippen MR) is 95.9 cm³/mol. The lowest BCUT2D eigenvalue weighted by atomic mass is 10.1. The number of hydrogen-bond donors (Lipinski definition) is 0. The SMILES string of the molecule is Cn1cc(S(=O)(=O)N2CC(N3CCN(c4ccc(F)cc4)CC3)C2)cn1. The van der Waals surface area contributed by atoms with Crippen molar-refractivity contribution in [3.05, 3.63) is 42.5 Å². The maximum Gasteiger partial charge on any atom is 0.246 e. The molecule has 0 bridgehead atoms. The number of benzene rings is 1. The number of halogens is 1. The first-order chi connectivity index (χ1) is 12.4. The number of aryl methyl sites for hydroxylation is 1. The molecule has 4 rings (SSSR count). The van der Waals surface area contributed by atoms with E-state index in [4.69, 9.17) is 0 Å². The van der Waals surface area contributed by atoms with Gasteiger partial charge in [0.05, 0.1) is 6.20 Å². The first kappa shape index (κ1) is 17.4. The number of piperazine rings is 1. The van der Waals surface area contributed by atoms with E-state index < -0.39 is 10.0 Å². The fourth-order valence-corrected chi connectivity index (χ4v) is 5.02. The van der Waals surface area contributed by atoms with Gasteiger partial charge in [0.25, 0.3) is 0 Å². The molecule has 0 aliphatic carbocycles. The van der Waals surface area contributed by atoms with Gasteiger partial charge in [0.15, 0.2) is 0 Å². The Balaban J connectivity index is 1.31. The Hall–Kier alpha value is -1.97. The van der Waals surface area contributed by atoms with E-state index in [1.54, 1.807) is 19.2 Å². The Morgan fingerprint density at radius 1 is 1.08 bits per heavy atom. The second-order valence-electron chi connectivity index (χ2n) is 6.82. The number of aromatic nitrogens is 2. The van der Waals surface area contributed by atoms with Gasteiger partial charge in [-0.3, -0.25) is 9.58 Å². The monoisotopic (exact) mass is 379 g/mol. The lowest BCUT2D eigenvalue weighted by Gasteiger charge is -2.47. The average molecular weight is 379 g/mol. The molecule has 26 heavy (non-hydrogen) atoms. The van der Waals surface area contributed by atoms with Gasteiger partial charge in [-0.2, -0.15) is 9.40 Å². The zero-order valence-corrected chi connectivity index (χ0v) is 15.4. The Labute approximate surface area is 152 Å². The minimum atomic E-state index is -3.43. The highest BCUT2D eigenvalue weighted by Crippen LogP contribution is 2.25. The smallest absolute Gasteiger partial charge is 0.246 e. The zero-order valence-electron chi connectivity index (χ0n) is 14.6. The first-order valence-electron chi connectivity index (χ1n) is 8.67. The van der Waals surface area contributed by atoms with Crippen molar-refractivity contribution >= 4 is 15.7 Å². The second kappa shape index (κ2) is 6.64. The van der Waals surface area contributed by atoms with Crippen LogP contribution in [-0.4, -0.2) is 72.7 Å². The standard InChI is InChI=1S/C17H22FN5O2S/c1-20-13-17(10-19-20)26(24,25)23-11-16(12-23)22-8-6-21(7-9-22)15-4-2-14(18)3-5-15/h2-5,10,13,16H,6-9,11-12H2,1H3. The molecule has 0 atom stereocenters. The summed E-state index contributed by atoms with van der Waals surface area (Å²) in [7, 11) is -1.73. The van der Waals surface area contributed by atoms with Crippen LogP contribution in [0.4, 0.5) is 10.1 Å². The molecule has 0 N–H and O–H groups in total. The Bertz CT molecular complexity index is 869. The molecule has 2 saturated heterocycles. The van der Waals surface area contributed by atoms with Gasteiger partial charge in [-0.25, -0.2) is 12.8 Å². The number of rotatable bonds is 4. The number of nitrogens with zero attached hydrogens (tertiary/aromatic N) is 5. The summed E-state index contributed by atoms with van der Waals surface area (Å²) >= 11 is 0. The number of sulfonamides is 1. The zero-order chi connectivity index (χ0) is 18.3. The van der Waals surface area contributed by atoms with Crippen LogP contribution in [0.5, 0.6) is 0 Å². The van der Waals surface area contributed by atoms with E-state index in [0.29, 0.717) is 13.1 Å². The van der Waals surface area contributed by atoms with Crippen molar-refractivity contribution in [2.45, 2.75) is 10.9 Å². The largest absolute Gasteiger partial charge is 0.369 e. The molecule has 1 aromatic heterocycles. The van der Waals surface area contributed by atoms with E-state index in [1.165, 1.54) is 33.5 Å². The fourth-order valence-electron chi connectivity index (χ4n) is 3.52. The highest BCUT2D eigenvalue weighted by molar-refractivity contribution is 7.89. The molecule has 7 nitrogen and oxygen atoms in total. The van der Waals surface area contributed by atoms with Crippen LogP contribution in [0.1, 0.15) is 0 Å². The molecule has 0 spiro atoms. The first-order valence-corrected chi connectivity index (χ1v) is 10.1. The summed E-state index contributed by atoms with van der Waals surface area (Å²) in [5.74, 6) is -0.225. The predicted octanol–water partition coefficient (Wildman–Crippen LogP) is 0.754. The third-order valence-corrected chi connectivity index (χ3v) is 6.95. The van der Waals surface area contributed by atoms with Crippen molar-refractivity contribution in [2.24, 2.45) is 7.05 Å². The number of hydrogen-bond acceptors (Lipinski definition) is 5. The third-order valence-electron chi connectivity index (χ3n) is 5.17. The topological polar surface area (TPSA) is 61.7 Å². The molecule has 9 heteroatoms. The van der Waals surface area contributed by atoms with Crippen LogP contribution >= 0.6 is 0 Å². The Kier molecular flexibility index (Phi) is 4.45. The van der Waals surface area contributed by atoms with Crippen molar-refractivity contribution in [2.75, 3.05) is 44.2 Å². The van der Waals surface area contributed by atoms with Gasteiger partial charge in [-0.15, -0.1) is 0 Å². The molecule has 2 aromatic rings. The van der Waals surface area contributed by atoms with Crippen LogP contribution in [0.25, 0.3) is 0 Å². The summed E-state index contributed by atoms with van der Waals surface area (Å²) in [6, 6.07) is 6.83. The highest BCUT2D eigenvalue weighted by Gasteiger charge is 2.40. The maximum absolute atomic E-state index is 13.0. The molecule has 140 valence electrons. The van der Waals surface area contributed by atoms with Crippen molar-refractivity contribution in [1.82, 2.24) is 19.0 Å². The van der Waals surface area contributed by atoms with Crippen LogP contribution < -0.4 is 4.90 Å². The van der Waals surface area contributed by atoms with Crippen LogP contribution in [0.15, 0.2) is 41.6 Å². The maximum atomic E-state index is 13.0. The van der Waals surface area contributed by atoms with Gasteiger partial charge in [0.1, 0.15) is 10.7 Å². The lowest BCUT2D eigenvalue weighted by Crippen LogP contribution is -2.64. The summed E-state index contributed by atoms with van der Waals surface area (Å²) in [6.07, 6.45) is 2.92. The quantitative estimate of drug-likeness (QED) is 0.785. The molecular weight excluding hydrogens is 357 g/mol. The Morgan fingerprint density at radius 3 is 2.31 bits per heavy atom. The summed E-state index contributed by atoms with van der Waals surface area (Å²) in [4.78, 5) is 4.83. The van der Waals surface area contributed by atoms with Crippen LogP contribution in [-0.2, 0) is 17.1 Å². The third kappa shape index (κ3) is 3.22. The minimum absolute atomic E-state index is 0.225. The van der Waals surface area contributed by atoms with Gasteiger partial charge < -0.3 is 4.90 Å². The highest BCUT2D eigenvalue weighted by atomic mass is 32.2. The summed E-state index contributed by atoms with van der Waals surface area (Å²) < 4.78 is 41.1. The van der Waals surface area contributed by atoms with E-state index >= 15 is 0 Å².